The molecule has 36 heavy (non-hydrogen) atoms. The molecule has 2 heterocycles. The molecule has 1 fully saturated rings. The van der Waals surface area contributed by atoms with E-state index in [2.05, 4.69) is 10.6 Å². The average Bonchev–Trinajstić information content (AvgIpc) is 2.90. The standard InChI is InChI=1S/C26H25ClN4O5/c27-19-6-8-20(9-7-19)28-23(32)17-22(26(35)30-13-15-36-16-14-30)29-25(34)18-4-10-21(11-5-18)31-12-2-1-3-24(31)33/h1-12,22H,13-17H2,(H,28,32)(H,29,34). The van der Waals surface area contributed by atoms with Crippen LogP contribution in [0.3, 0.4) is 0 Å². The van der Waals surface area contributed by atoms with Crippen molar-refractivity contribution in [3.63, 3.8) is 0 Å². The number of halogens is 1. The van der Waals surface area contributed by atoms with Crippen molar-refractivity contribution in [3.8, 4) is 5.69 Å². The quantitative estimate of drug-likeness (QED) is 0.509. The van der Waals surface area contributed by atoms with Gasteiger partial charge in [0.1, 0.15) is 6.04 Å². The topological polar surface area (TPSA) is 110 Å². The van der Waals surface area contributed by atoms with Gasteiger partial charge >= 0.3 is 0 Å². The molecular formula is C26H25ClN4O5. The summed E-state index contributed by atoms with van der Waals surface area (Å²) in [5.41, 5.74) is 1.22. The summed E-state index contributed by atoms with van der Waals surface area (Å²) in [5.74, 6) is -1.29. The first-order valence-corrected chi connectivity index (χ1v) is 11.8. The Morgan fingerprint density at radius 1 is 0.944 bits per heavy atom. The predicted octanol–water partition coefficient (Wildman–Crippen LogP) is 2.48. The number of nitrogens with zero attached hydrogens (tertiary/aromatic N) is 2. The van der Waals surface area contributed by atoms with Crippen LogP contribution in [0.1, 0.15) is 16.8 Å². The minimum absolute atomic E-state index is 0.197. The largest absolute Gasteiger partial charge is 0.378 e. The normalized spacial score (nSPS) is 14.1. The fraction of sp³-hybridized carbons (Fsp3) is 0.231. The van der Waals surface area contributed by atoms with Gasteiger partial charge in [-0.2, -0.15) is 0 Å². The van der Waals surface area contributed by atoms with E-state index in [0.717, 1.165) is 0 Å². The number of aromatic nitrogens is 1. The van der Waals surface area contributed by atoms with Gasteiger partial charge in [0.05, 0.1) is 19.6 Å². The van der Waals surface area contributed by atoms with Gasteiger partial charge in [0.15, 0.2) is 0 Å². The predicted molar refractivity (Wildman–Crippen MR) is 135 cm³/mol. The van der Waals surface area contributed by atoms with Crippen LogP contribution < -0.4 is 16.2 Å². The van der Waals surface area contributed by atoms with Gasteiger partial charge in [-0.15, -0.1) is 0 Å². The third kappa shape index (κ3) is 6.38. The van der Waals surface area contributed by atoms with Crippen molar-refractivity contribution in [2.24, 2.45) is 0 Å². The van der Waals surface area contributed by atoms with E-state index in [0.29, 0.717) is 48.3 Å². The molecule has 2 N–H and O–H groups in total. The summed E-state index contributed by atoms with van der Waals surface area (Å²) in [6.07, 6.45) is 1.38. The van der Waals surface area contributed by atoms with Crippen LogP contribution in [0.5, 0.6) is 0 Å². The third-order valence-corrected chi connectivity index (χ3v) is 5.93. The molecular weight excluding hydrogens is 484 g/mol. The van der Waals surface area contributed by atoms with E-state index in [4.69, 9.17) is 16.3 Å². The van der Waals surface area contributed by atoms with Crippen molar-refractivity contribution in [3.05, 3.63) is 93.9 Å². The lowest BCUT2D eigenvalue weighted by Gasteiger charge is -2.30. The Morgan fingerprint density at radius 3 is 2.31 bits per heavy atom. The Kier molecular flexibility index (Phi) is 8.14. The van der Waals surface area contributed by atoms with Gasteiger partial charge in [0.2, 0.25) is 11.8 Å². The molecule has 2 aromatic carbocycles. The Morgan fingerprint density at radius 2 is 1.64 bits per heavy atom. The van der Waals surface area contributed by atoms with E-state index in [1.54, 1.807) is 71.8 Å². The van der Waals surface area contributed by atoms with Gasteiger partial charge in [-0.25, -0.2) is 0 Å². The summed E-state index contributed by atoms with van der Waals surface area (Å²) in [4.78, 5) is 52.6. The Labute approximate surface area is 212 Å². The van der Waals surface area contributed by atoms with Gasteiger partial charge in [0.25, 0.3) is 11.5 Å². The lowest BCUT2D eigenvalue weighted by atomic mass is 10.1. The first-order chi connectivity index (χ1) is 17.4. The van der Waals surface area contributed by atoms with Crippen molar-refractivity contribution < 1.29 is 19.1 Å². The number of carbonyl (C=O) groups excluding carboxylic acids is 3. The van der Waals surface area contributed by atoms with E-state index in [9.17, 15) is 19.2 Å². The van der Waals surface area contributed by atoms with Crippen LogP contribution in [-0.4, -0.2) is 59.5 Å². The zero-order valence-corrected chi connectivity index (χ0v) is 20.1. The molecule has 1 aliphatic heterocycles. The maximum atomic E-state index is 13.2. The van der Waals surface area contributed by atoms with Gasteiger partial charge in [0, 0.05) is 47.3 Å². The first kappa shape index (κ1) is 25.2. The first-order valence-electron chi connectivity index (χ1n) is 11.4. The van der Waals surface area contributed by atoms with Gasteiger partial charge in [-0.3, -0.25) is 23.7 Å². The highest BCUT2D eigenvalue weighted by molar-refractivity contribution is 6.30. The smallest absolute Gasteiger partial charge is 0.255 e. The summed E-state index contributed by atoms with van der Waals surface area (Å²) in [5, 5.41) is 5.96. The van der Waals surface area contributed by atoms with E-state index in [1.807, 2.05) is 0 Å². The van der Waals surface area contributed by atoms with Crippen molar-refractivity contribution in [2.75, 3.05) is 31.6 Å². The summed E-state index contributed by atoms with van der Waals surface area (Å²) in [6.45, 7) is 1.54. The Hall–Kier alpha value is -3.95. The van der Waals surface area contributed by atoms with Crippen LogP contribution >= 0.6 is 11.6 Å². The fourth-order valence-electron chi connectivity index (χ4n) is 3.79. The Bertz CT molecular complexity index is 1280. The monoisotopic (exact) mass is 508 g/mol. The van der Waals surface area contributed by atoms with Crippen LogP contribution in [0.2, 0.25) is 5.02 Å². The summed E-state index contributed by atoms with van der Waals surface area (Å²) >= 11 is 5.89. The number of anilines is 1. The second-order valence-corrected chi connectivity index (χ2v) is 8.62. The molecule has 0 radical (unpaired) electrons. The molecule has 3 aromatic rings. The zero-order chi connectivity index (χ0) is 25.5. The van der Waals surface area contributed by atoms with Gasteiger partial charge in [-0.05, 0) is 54.6 Å². The summed E-state index contributed by atoms with van der Waals surface area (Å²) < 4.78 is 6.76. The number of hydrogen-bond acceptors (Lipinski definition) is 5. The minimum atomic E-state index is -1.07. The molecule has 0 bridgehead atoms. The number of amides is 3. The van der Waals surface area contributed by atoms with E-state index >= 15 is 0 Å². The third-order valence-electron chi connectivity index (χ3n) is 5.67. The molecule has 0 aliphatic carbocycles. The molecule has 186 valence electrons. The highest BCUT2D eigenvalue weighted by Gasteiger charge is 2.29. The lowest BCUT2D eigenvalue weighted by molar-refractivity contribution is -0.138. The fourth-order valence-corrected chi connectivity index (χ4v) is 3.92. The van der Waals surface area contributed by atoms with Crippen LogP contribution in [-0.2, 0) is 14.3 Å². The number of pyridine rings is 1. The molecule has 0 spiro atoms. The second-order valence-electron chi connectivity index (χ2n) is 8.18. The van der Waals surface area contributed by atoms with Crippen molar-refractivity contribution in [1.29, 1.82) is 0 Å². The molecule has 1 saturated heterocycles. The van der Waals surface area contributed by atoms with E-state index in [-0.39, 0.29) is 17.9 Å². The van der Waals surface area contributed by atoms with Crippen molar-refractivity contribution >= 4 is 35.0 Å². The zero-order valence-electron chi connectivity index (χ0n) is 19.4. The number of carbonyl (C=O) groups is 3. The molecule has 4 rings (SSSR count). The lowest BCUT2D eigenvalue weighted by Crippen LogP contribution is -2.52. The molecule has 10 heteroatoms. The molecule has 1 unspecified atom stereocenters. The molecule has 3 amide bonds. The highest BCUT2D eigenvalue weighted by atomic mass is 35.5. The maximum absolute atomic E-state index is 13.2. The molecule has 9 nitrogen and oxygen atoms in total. The number of ether oxygens (including phenoxy) is 1. The van der Waals surface area contributed by atoms with Crippen LogP contribution in [0, 0.1) is 0 Å². The number of nitrogens with one attached hydrogen (secondary N) is 2. The molecule has 1 atom stereocenters. The minimum Gasteiger partial charge on any atom is -0.378 e. The number of rotatable bonds is 7. The van der Waals surface area contributed by atoms with Crippen molar-refractivity contribution in [1.82, 2.24) is 14.8 Å². The average molecular weight is 509 g/mol. The van der Waals surface area contributed by atoms with E-state index < -0.39 is 17.9 Å². The van der Waals surface area contributed by atoms with Gasteiger partial charge < -0.3 is 20.3 Å². The van der Waals surface area contributed by atoms with E-state index in [1.165, 1.54) is 10.6 Å². The summed E-state index contributed by atoms with van der Waals surface area (Å²) in [7, 11) is 0. The molecule has 1 aliphatic rings. The molecule has 1 aromatic heterocycles. The molecule has 0 saturated carbocycles. The van der Waals surface area contributed by atoms with Crippen LogP contribution in [0.25, 0.3) is 5.69 Å². The second kappa shape index (κ2) is 11.7. The SMILES string of the molecule is O=C(CC(NC(=O)c1ccc(-n2ccccc2=O)cc1)C(=O)N1CCOCC1)Nc1ccc(Cl)cc1. The Balaban J connectivity index is 1.48. The van der Waals surface area contributed by atoms with Crippen molar-refractivity contribution in [2.45, 2.75) is 12.5 Å². The van der Waals surface area contributed by atoms with Crippen LogP contribution in [0.4, 0.5) is 5.69 Å². The number of benzene rings is 2. The van der Waals surface area contributed by atoms with Gasteiger partial charge in [-0.1, -0.05) is 17.7 Å². The summed E-state index contributed by atoms with van der Waals surface area (Å²) in [6, 6.07) is 16.7. The maximum Gasteiger partial charge on any atom is 0.255 e. The number of hydrogen-bond donors (Lipinski definition) is 2. The number of morpholine rings is 1. The highest BCUT2D eigenvalue weighted by Crippen LogP contribution is 2.15. The van der Waals surface area contributed by atoms with Crippen LogP contribution in [0.15, 0.2) is 77.7 Å².